The van der Waals surface area contributed by atoms with Crippen LogP contribution in [-0.4, -0.2) is 4.57 Å². The van der Waals surface area contributed by atoms with Crippen molar-refractivity contribution in [3.63, 3.8) is 0 Å². The number of benzene rings is 1. The van der Waals surface area contributed by atoms with Crippen LogP contribution in [-0.2, 0) is 0 Å². The predicted octanol–water partition coefficient (Wildman–Crippen LogP) is 4.37. The van der Waals surface area contributed by atoms with Crippen molar-refractivity contribution in [3.05, 3.63) is 88.4 Å². The van der Waals surface area contributed by atoms with E-state index in [0.717, 1.165) is 12.0 Å². The van der Waals surface area contributed by atoms with Crippen LogP contribution in [0.4, 0.5) is 8.78 Å². The van der Waals surface area contributed by atoms with Gasteiger partial charge in [0.1, 0.15) is 0 Å². The highest BCUT2D eigenvalue weighted by Gasteiger charge is 2.12. The lowest BCUT2D eigenvalue weighted by Crippen LogP contribution is -2.18. The monoisotopic (exact) mass is 299 g/mol. The third kappa shape index (κ3) is 2.91. The number of hydrogen-bond donors (Lipinski definition) is 0. The Kier molecular flexibility index (Phi) is 4.00. The minimum absolute atomic E-state index is 0.0877. The van der Waals surface area contributed by atoms with Gasteiger partial charge in [-0.15, -0.1) is 0 Å². The maximum Gasteiger partial charge on any atom is 0.263 e. The Hall–Kier alpha value is -2.49. The molecule has 1 aromatic heterocycles. The summed E-state index contributed by atoms with van der Waals surface area (Å²) < 4.78 is 27.1. The van der Waals surface area contributed by atoms with E-state index in [1.807, 2.05) is 12.2 Å². The SMILES string of the molecule is O=c1ccc(C2C=CC=CC2)cn1-c1cccc(C(F)F)c1. The molecule has 1 atom stereocenters. The molecule has 1 aliphatic carbocycles. The van der Waals surface area contributed by atoms with Gasteiger partial charge in [-0.1, -0.05) is 42.5 Å². The summed E-state index contributed by atoms with van der Waals surface area (Å²) in [6, 6.07) is 9.19. The minimum Gasteiger partial charge on any atom is -0.284 e. The summed E-state index contributed by atoms with van der Waals surface area (Å²) in [4.78, 5) is 12.1. The molecule has 0 bridgehead atoms. The number of pyridine rings is 1. The molecule has 0 spiro atoms. The van der Waals surface area contributed by atoms with Crippen LogP contribution in [0.25, 0.3) is 5.69 Å². The standard InChI is InChI=1S/C18H15F2NO/c19-18(20)14-7-4-8-16(11-14)21-12-15(9-10-17(21)22)13-5-2-1-3-6-13/h1-5,7-13,18H,6H2. The summed E-state index contributed by atoms with van der Waals surface area (Å²) in [6.45, 7) is 0. The highest BCUT2D eigenvalue weighted by Crippen LogP contribution is 2.25. The van der Waals surface area contributed by atoms with E-state index in [2.05, 4.69) is 12.2 Å². The van der Waals surface area contributed by atoms with Gasteiger partial charge in [-0.3, -0.25) is 9.36 Å². The molecule has 0 amide bonds. The van der Waals surface area contributed by atoms with E-state index in [9.17, 15) is 13.6 Å². The molecule has 0 radical (unpaired) electrons. The molecule has 3 rings (SSSR count). The fourth-order valence-corrected chi connectivity index (χ4v) is 2.56. The van der Waals surface area contributed by atoms with E-state index in [4.69, 9.17) is 0 Å². The molecule has 1 aromatic carbocycles. The lowest BCUT2D eigenvalue weighted by molar-refractivity contribution is 0.151. The Morgan fingerprint density at radius 3 is 2.73 bits per heavy atom. The second kappa shape index (κ2) is 6.10. The Balaban J connectivity index is 2.03. The normalized spacial score (nSPS) is 17.1. The summed E-state index contributed by atoms with van der Waals surface area (Å²) in [5, 5.41) is 0. The molecule has 4 heteroatoms. The first-order valence-electron chi connectivity index (χ1n) is 7.09. The lowest BCUT2D eigenvalue weighted by Gasteiger charge is -2.15. The second-order valence-corrected chi connectivity index (χ2v) is 5.22. The highest BCUT2D eigenvalue weighted by atomic mass is 19.3. The molecule has 0 saturated heterocycles. The Morgan fingerprint density at radius 1 is 1.14 bits per heavy atom. The van der Waals surface area contributed by atoms with Gasteiger partial charge in [-0.25, -0.2) is 8.78 Å². The largest absolute Gasteiger partial charge is 0.284 e. The van der Waals surface area contributed by atoms with Crippen LogP contribution in [0.5, 0.6) is 0 Å². The van der Waals surface area contributed by atoms with Crippen LogP contribution in [0.3, 0.4) is 0 Å². The van der Waals surface area contributed by atoms with E-state index in [-0.39, 0.29) is 17.0 Å². The molecule has 0 fully saturated rings. The van der Waals surface area contributed by atoms with Gasteiger partial charge in [0.15, 0.2) is 0 Å². The van der Waals surface area contributed by atoms with Gasteiger partial charge < -0.3 is 0 Å². The van der Waals surface area contributed by atoms with Gasteiger partial charge in [0.2, 0.25) is 0 Å². The number of alkyl halides is 2. The first kappa shape index (κ1) is 14.4. The number of halogens is 2. The van der Waals surface area contributed by atoms with E-state index in [1.165, 1.54) is 22.8 Å². The summed E-state index contributed by atoms with van der Waals surface area (Å²) in [5.41, 5.74) is 1.13. The molecule has 1 heterocycles. The van der Waals surface area contributed by atoms with Crippen LogP contribution in [0.2, 0.25) is 0 Å². The van der Waals surface area contributed by atoms with Gasteiger partial charge >= 0.3 is 0 Å². The average molecular weight is 299 g/mol. The van der Waals surface area contributed by atoms with Crippen LogP contribution in [0, 0.1) is 0 Å². The van der Waals surface area contributed by atoms with Crippen molar-refractivity contribution in [2.75, 3.05) is 0 Å². The number of aromatic nitrogens is 1. The molecule has 0 saturated carbocycles. The number of nitrogens with zero attached hydrogens (tertiary/aromatic N) is 1. The van der Waals surface area contributed by atoms with Crippen LogP contribution >= 0.6 is 0 Å². The summed E-state index contributed by atoms with van der Waals surface area (Å²) >= 11 is 0. The van der Waals surface area contributed by atoms with Crippen molar-refractivity contribution < 1.29 is 8.78 Å². The molecule has 2 nitrogen and oxygen atoms in total. The Labute approximate surface area is 127 Å². The minimum atomic E-state index is -2.55. The molecular formula is C18H15F2NO. The predicted molar refractivity (Wildman–Crippen MR) is 82.6 cm³/mol. The van der Waals surface area contributed by atoms with Crippen LogP contribution in [0.15, 0.2) is 71.7 Å². The Bertz CT molecular complexity index is 790. The summed E-state index contributed by atoms with van der Waals surface area (Å²) in [6.07, 6.45) is 8.15. The lowest BCUT2D eigenvalue weighted by atomic mass is 9.94. The van der Waals surface area contributed by atoms with Crippen molar-refractivity contribution >= 4 is 0 Å². The van der Waals surface area contributed by atoms with Crippen molar-refractivity contribution in [1.29, 1.82) is 0 Å². The zero-order valence-electron chi connectivity index (χ0n) is 11.8. The highest BCUT2D eigenvalue weighted by molar-refractivity contribution is 5.38. The van der Waals surface area contributed by atoms with Crippen molar-refractivity contribution in [1.82, 2.24) is 4.57 Å². The third-order valence-corrected chi connectivity index (χ3v) is 3.74. The van der Waals surface area contributed by atoms with Gasteiger partial charge in [0, 0.05) is 29.4 Å². The maximum absolute atomic E-state index is 12.8. The number of allylic oxidation sites excluding steroid dienone is 4. The molecule has 22 heavy (non-hydrogen) atoms. The van der Waals surface area contributed by atoms with E-state index < -0.39 is 6.43 Å². The van der Waals surface area contributed by atoms with Gasteiger partial charge in [-0.05, 0) is 24.1 Å². The zero-order chi connectivity index (χ0) is 15.5. The Morgan fingerprint density at radius 2 is 2.00 bits per heavy atom. The smallest absolute Gasteiger partial charge is 0.263 e. The van der Waals surface area contributed by atoms with Gasteiger partial charge in [0.25, 0.3) is 12.0 Å². The van der Waals surface area contributed by atoms with Gasteiger partial charge in [-0.2, -0.15) is 0 Å². The molecule has 0 N–H and O–H groups in total. The second-order valence-electron chi connectivity index (χ2n) is 5.22. The first-order chi connectivity index (χ1) is 10.6. The molecule has 1 aliphatic rings. The zero-order valence-corrected chi connectivity index (χ0v) is 11.8. The topological polar surface area (TPSA) is 22.0 Å². The summed E-state index contributed by atoms with van der Waals surface area (Å²) in [7, 11) is 0. The van der Waals surface area contributed by atoms with Crippen LogP contribution < -0.4 is 5.56 Å². The average Bonchev–Trinajstić information content (AvgIpc) is 2.56. The van der Waals surface area contributed by atoms with Gasteiger partial charge in [0.05, 0.1) is 0 Å². The third-order valence-electron chi connectivity index (χ3n) is 3.74. The quantitative estimate of drug-likeness (QED) is 0.824. The molecule has 112 valence electrons. The summed E-state index contributed by atoms with van der Waals surface area (Å²) in [5.74, 6) is 0.204. The maximum atomic E-state index is 12.8. The molecule has 1 unspecified atom stereocenters. The van der Waals surface area contributed by atoms with Crippen molar-refractivity contribution in [2.45, 2.75) is 18.8 Å². The van der Waals surface area contributed by atoms with Crippen LogP contribution in [0.1, 0.15) is 29.9 Å². The molecule has 2 aromatic rings. The molecule has 0 aliphatic heterocycles. The van der Waals surface area contributed by atoms with E-state index in [0.29, 0.717) is 5.69 Å². The number of rotatable bonds is 3. The van der Waals surface area contributed by atoms with E-state index in [1.54, 1.807) is 24.4 Å². The van der Waals surface area contributed by atoms with Crippen molar-refractivity contribution in [2.24, 2.45) is 0 Å². The van der Waals surface area contributed by atoms with Crippen molar-refractivity contribution in [3.8, 4) is 5.69 Å². The first-order valence-corrected chi connectivity index (χ1v) is 7.09. The molecular weight excluding hydrogens is 284 g/mol. The number of hydrogen-bond acceptors (Lipinski definition) is 1. The fourth-order valence-electron chi connectivity index (χ4n) is 2.56. The van der Waals surface area contributed by atoms with E-state index >= 15 is 0 Å². The fraction of sp³-hybridized carbons (Fsp3) is 0.167.